The van der Waals surface area contributed by atoms with Crippen molar-refractivity contribution in [2.24, 2.45) is 0 Å². The lowest BCUT2D eigenvalue weighted by atomic mass is 10.2. The third-order valence-corrected chi connectivity index (χ3v) is 4.81. The van der Waals surface area contributed by atoms with Crippen molar-refractivity contribution in [2.45, 2.75) is 4.90 Å². The Balaban J connectivity index is 1.91. The Morgan fingerprint density at radius 2 is 1.78 bits per heavy atom. The first-order valence-corrected chi connectivity index (χ1v) is 8.63. The molecule has 3 rings (SSSR count). The van der Waals surface area contributed by atoms with Gasteiger partial charge in [-0.15, -0.1) is 0 Å². The monoisotopic (exact) mass is 372 g/mol. The fraction of sp³-hybridized carbons (Fsp3) is 0.0714. The molecule has 0 aliphatic carbocycles. The fourth-order valence-corrected chi connectivity index (χ4v) is 3.82. The number of ether oxygens (including phenoxy) is 1. The van der Waals surface area contributed by atoms with Gasteiger partial charge in [-0.2, -0.15) is 0 Å². The minimum atomic E-state index is -3.87. The molecule has 6 nitrogen and oxygen atoms in total. The predicted molar refractivity (Wildman–Crippen MR) is 87.8 cm³/mol. The van der Waals surface area contributed by atoms with Gasteiger partial charge in [-0.05, 0) is 36.4 Å². The molecule has 0 bridgehead atoms. The standard InChI is InChI=1S/C14H10Cl2N2O4S/c15-8-3-9(16)5-11(4-8)23(20,21)18-10-1-2-13-12(6-10)17-14(19)7-22-13/h1-6,18H,7H2,(H,17,19). The number of halogens is 2. The smallest absolute Gasteiger partial charge is 0.262 e. The van der Waals surface area contributed by atoms with Crippen LogP contribution in [-0.2, 0) is 14.8 Å². The zero-order valence-corrected chi connectivity index (χ0v) is 13.8. The van der Waals surface area contributed by atoms with Crippen LogP contribution in [-0.4, -0.2) is 20.9 Å². The molecule has 23 heavy (non-hydrogen) atoms. The number of nitrogens with one attached hydrogen (secondary N) is 2. The second-order valence-electron chi connectivity index (χ2n) is 4.76. The summed E-state index contributed by atoms with van der Waals surface area (Å²) >= 11 is 11.7. The molecular formula is C14H10Cl2N2O4S. The molecular weight excluding hydrogens is 363 g/mol. The molecule has 1 amide bonds. The third kappa shape index (κ3) is 3.52. The Labute approximate surface area is 142 Å². The molecule has 0 spiro atoms. The highest BCUT2D eigenvalue weighted by Gasteiger charge is 2.19. The zero-order chi connectivity index (χ0) is 16.6. The van der Waals surface area contributed by atoms with Crippen LogP contribution in [0.15, 0.2) is 41.3 Å². The van der Waals surface area contributed by atoms with E-state index in [0.717, 1.165) is 0 Å². The van der Waals surface area contributed by atoms with E-state index in [9.17, 15) is 13.2 Å². The van der Waals surface area contributed by atoms with Gasteiger partial charge in [0.25, 0.3) is 15.9 Å². The SMILES string of the molecule is O=C1COc2ccc(NS(=O)(=O)c3cc(Cl)cc(Cl)c3)cc2N1. The average Bonchev–Trinajstić information content (AvgIpc) is 2.45. The predicted octanol–water partition coefficient (Wildman–Crippen LogP) is 3.13. The maximum Gasteiger partial charge on any atom is 0.262 e. The first kappa shape index (κ1) is 15.9. The number of benzene rings is 2. The van der Waals surface area contributed by atoms with Crippen molar-refractivity contribution >= 4 is 50.5 Å². The first-order chi connectivity index (χ1) is 10.8. The summed E-state index contributed by atoms with van der Waals surface area (Å²) in [5.74, 6) is 0.164. The van der Waals surface area contributed by atoms with E-state index < -0.39 is 10.0 Å². The van der Waals surface area contributed by atoms with Gasteiger partial charge in [-0.25, -0.2) is 8.42 Å². The summed E-state index contributed by atoms with van der Waals surface area (Å²) in [7, 11) is -3.87. The minimum absolute atomic E-state index is 0.0620. The van der Waals surface area contributed by atoms with E-state index in [0.29, 0.717) is 11.4 Å². The molecule has 9 heteroatoms. The van der Waals surface area contributed by atoms with Gasteiger partial charge in [0.2, 0.25) is 0 Å². The van der Waals surface area contributed by atoms with E-state index in [1.807, 2.05) is 0 Å². The topological polar surface area (TPSA) is 84.5 Å². The Hall–Kier alpha value is -1.96. The van der Waals surface area contributed by atoms with Crippen LogP contribution in [0.2, 0.25) is 10.0 Å². The molecule has 0 aromatic heterocycles. The average molecular weight is 373 g/mol. The number of sulfonamides is 1. The van der Waals surface area contributed by atoms with Crippen molar-refractivity contribution in [1.29, 1.82) is 0 Å². The number of anilines is 2. The maximum atomic E-state index is 12.4. The van der Waals surface area contributed by atoms with Crippen molar-refractivity contribution in [2.75, 3.05) is 16.6 Å². The summed E-state index contributed by atoms with van der Waals surface area (Å²) in [5, 5.41) is 3.03. The van der Waals surface area contributed by atoms with E-state index in [4.69, 9.17) is 27.9 Å². The molecule has 0 unspecified atom stereocenters. The van der Waals surface area contributed by atoms with Crippen LogP contribution in [0.25, 0.3) is 0 Å². The van der Waals surface area contributed by atoms with Gasteiger partial charge < -0.3 is 10.1 Å². The number of carbonyl (C=O) groups excluding carboxylic acids is 1. The fourth-order valence-electron chi connectivity index (χ4n) is 2.04. The van der Waals surface area contributed by atoms with E-state index in [2.05, 4.69) is 10.0 Å². The van der Waals surface area contributed by atoms with Crippen LogP contribution < -0.4 is 14.8 Å². The summed E-state index contributed by atoms with van der Waals surface area (Å²) in [5.41, 5.74) is 0.663. The van der Waals surface area contributed by atoms with Crippen molar-refractivity contribution in [1.82, 2.24) is 0 Å². The summed E-state index contributed by atoms with van der Waals surface area (Å²) < 4.78 is 32.4. The van der Waals surface area contributed by atoms with Crippen LogP contribution >= 0.6 is 23.2 Å². The number of hydrogen-bond acceptors (Lipinski definition) is 4. The van der Waals surface area contributed by atoms with Crippen molar-refractivity contribution in [3.63, 3.8) is 0 Å². The van der Waals surface area contributed by atoms with Gasteiger partial charge >= 0.3 is 0 Å². The molecule has 1 heterocycles. The van der Waals surface area contributed by atoms with Crippen LogP contribution in [0, 0.1) is 0 Å². The van der Waals surface area contributed by atoms with Crippen LogP contribution in [0.3, 0.4) is 0 Å². The molecule has 1 aliphatic heterocycles. The highest BCUT2D eigenvalue weighted by Crippen LogP contribution is 2.31. The summed E-state index contributed by atoms with van der Waals surface area (Å²) in [6.07, 6.45) is 0. The van der Waals surface area contributed by atoms with Gasteiger partial charge in [0.05, 0.1) is 16.3 Å². The summed E-state index contributed by atoms with van der Waals surface area (Å²) in [4.78, 5) is 11.3. The third-order valence-electron chi connectivity index (χ3n) is 3.01. The summed E-state index contributed by atoms with van der Waals surface area (Å²) in [6, 6.07) is 8.58. The van der Waals surface area contributed by atoms with Gasteiger partial charge in [0.15, 0.2) is 6.61 Å². The van der Waals surface area contributed by atoms with Gasteiger partial charge in [0.1, 0.15) is 5.75 Å². The highest BCUT2D eigenvalue weighted by molar-refractivity contribution is 7.92. The number of carbonyl (C=O) groups is 1. The van der Waals surface area contributed by atoms with Crippen LogP contribution in [0.5, 0.6) is 5.75 Å². The second kappa shape index (κ2) is 5.92. The molecule has 2 aromatic carbocycles. The minimum Gasteiger partial charge on any atom is -0.482 e. The molecule has 2 N–H and O–H groups in total. The lowest BCUT2D eigenvalue weighted by molar-refractivity contribution is -0.118. The highest BCUT2D eigenvalue weighted by atomic mass is 35.5. The number of hydrogen-bond donors (Lipinski definition) is 2. The van der Waals surface area contributed by atoms with Crippen molar-refractivity contribution in [3.05, 3.63) is 46.4 Å². The van der Waals surface area contributed by atoms with E-state index in [1.165, 1.54) is 30.3 Å². The molecule has 0 fully saturated rings. The van der Waals surface area contributed by atoms with Gasteiger partial charge in [-0.1, -0.05) is 23.2 Å². The Kier molecular flexibility index (Phi) is 4.09. The lowest BCUT2D eigenvalue weighted by Gasteiger charge is -2.19. The lowest BCUT2D eigenvalue weighted by Crippen LogP contribution is -2.25. The number of fused-ring (bicyclic) bond motifs is 1. The van der Waals surface area contributed by atoms with Gasteiger partial charge in [-0.3, -0.25) is 9.52 Å². The largest absolute Gasteiger partial charge is 0.482 e. The van der Waals surface area contributed by atoms with Crippen LogP contribution in [0.4, 0.5) is 11.4 Å². The second-order valence-corrected chi connectivity index (χ2v) is 7.31. The molecule has 0 saturated carbocycles. The van der Waals surface area contributed by atoms with Crippen LogP contribution in [0.1, 0.15) is 0 Å². The molecule has 1 aliphatic rings. The zero-order valence-electron chi connectivity index (χ0n) is 11.5. The quantitative estimate of drug-likeness (QED) is 0.866. The molecule has 2 aromatic rings. The molecule has 0 radical (unpaired) electrons. The van der Waals surface area contributed by atoms with Crippen molar-refractivity contribution < 1.29 is 17.9 Å². The maximum absolute atomic E-state index is 12.4. The van der Waals surface area contributed by atoms with Gasteiger partial charge in [0, 0.05) is 10.0 Å². The number of amides is 1. The molecule has 120 valence electrons. The normalized spacial score (nSPS) is 13.7. The van der Waals surface area contributed by atoms with E-state index >= 15 is 0 Å². The Morgan fingerprint density at radius 3 is 2.48 bits per heavy atom. The first-order valence-electron chi connectivity index (χ1n) is 6.39. The van der Waals surface area contributed by atoms with Crippen molar-refractivity contribution in [3.8, 4) is 5.75 Å². The van der Waals surface area contributed by atoms with E-state index in [1.54, 1.807) is 6.07 Å². The molecule has 0 atom stereocenters. The molecule has 0 saturated heterocycles. The number of rotatable bonds is 3. The van der Waals surface area contributed by atoms with E-state index in [-0.39, 0.29) is 33.1 Å². The summed E-state index contributed by atoms with van der Waals surface area (Å²) in [6.45, 7) is -0.0703. The Morgan fingerprint density at radius 1 is 1.09 bits per heavy atom. The Bertz CT molecular complexity index is 879.